The summed E-state index contributed by atoms with van der Waals surface area (Å²) in [7, 11) is 0. The van der Waals surface area contributed by atoms with Crippen LogP contribution >= 0.6 is 11.3 Å². The number of amides is 3. The lowest BCUT2D eigenvalue weighted by atomic mass is 9.88. The van der Waals surface area contributed by atoms with Gasteiger partial charge < -0.3 is 10.1 Å². The van der Waals surface area contributed by atoms with Crippen molar-refractivity contribution in [1.29, 1.82) is 0 Å². The Morgan fingerprint density at radius 2 is 2.04 bits per heavy atom. The molecule has 0 aromatic carbocycles. The molecule has 1 atom stereocenters. The molecule has 0 saturated heterocycles. The van der Waals surface area contributed by atoms with Gasteiger partial charge in [0.1, 0.15) is 5.00 Å². The average Bonchev–Trinajstić information content (AvgIpc) is 2.83. The van der Waals surface area contributed by atoms with Gasteiger partial charge in [-0.25, -0.2) is 4.79 Å². The first-order valence-corrected chi connectivity index (χ1v) is 8.70. The van der Waals surface area contributed by atoms with Gasteiger partial charge in [0.15, 0.2) is 0 Å². The van der Waals surface area contributed by atoms with Crippen LogP contribution in [0.2, 0.25) is 0 Å². The van der Waals surface area contributed by atoms with E-state index >= 15 is 0 Å². The standard InChI is InChI=1S/C16H22N2O4S/c1-4-12(19)17-15-13(14(20)18-16(21)22-5-2)10-7-6-9(3)8-11(10)23-15/h9H,4-8H2,1-3H3,(H,17,19)(H,18,20,21)/t9-/m1/s1. The molecule has 23 heavy (non-hydrogen) atoms. The van der Waals surface area contributed by atoms with E-state index in [0.717, 1.165) is 29.7 Å². The van der Waals surface area contributed by atoms with Gasteiger partial charge in [0.05, 0.1) is 12.2 Å². The Labute approximate surface area is 139 Å². The van der Waals surface area contributed by atoms with Crippen LogP contribution in [0.15, 0.2) is 0 Å². The molecule has 3 amide bonds. The Morgan fingerprint density at radius 3 is 2.70 bits per heavy atom. The second kappa shape index (κ2) is 7.59. The van der Waals surface area contributed by atoms with Crippen LogP contribution in [-0.2, 0) is 22.4 Å². The largest absolute Gasteiger partial charge is 0.450 e. The number of hydrogen-bond acceptors (Lipinski definition) is 5. The maximum Gasteiger partial charge on any atom is 0.414 e. The minimum Gasteiger partial charge on any atom is -0.450 e. The summed E-state index contributed by atoms with van der Waals surface area (Å²) in [6, 6.07) is 0. The fraction of sp³-hybridized carbons (Fsp3) is 0.562. The number of rotatable bonds is 4. The van der Waals surface area contributed by atoms with Crippen molar-refractivity contribution in [1.82, 2.24) is 5.32 Å². The number of nitrogens with one attached hydrogen (secondary N) is 2. The smallest absolute Gasteiger partial charge is 0.414 e. The quantitative estimate of drug-likeness (QED) is 0.883. The van der Waals surface area contributed by atoms with Crippen molar-refractivity contribution in [3.8, 4) is 0 Å². The molecule has 6 nitrogen and oxygen atoms in total. The average molecular weight is 338 g/mol. The van der Waals surface area contributed by atoms with Crippen LogP contribution in [-0.4, -0.2) is 24.5 Å². The molecule has 0 fully saturated rings. The number of hydrogen-bond donors (Lipinski definition) is 2. The second-order valence-electron chi connectivity index (χ2n) is 5.63. The van der Waals surface area contributed by atoms with Crippen molar-refractivity contribution in [2.24, 2.45) is 5.92 Å². The number of ether oxygens (including phenoxy) is 1. The normalized spacial score (nSPS) is 16.4. The van der Waals surface area contributed by atoms with Crippen LogP contribution in [0.3, 0.4) is 0 Å². The van der Waals surface area contributed by atoms with Gasteiger partial charge in [0.2, 0.25) is 5.91 Å². The fourth-order valence-electron chi connectivity index (χ4n) is 2.62. The molecule has 0 aliphatic heterocycles. The molecule has 2 N–H and O–H groups in total. The zero-order chi connectivity index (χ0) is 17.0. The third-order valence-corrected chi connectivity index (χ3v) is 4.97. The van der Waals surface area contributed by atoms with E-state index in [0.29, 0.717) is 22.9 Å². The van der Waals surface area contributed by atoms with Gasteiger partial charge in [-0.05, 0) is 37.7 Å². The summed E-state index contributed by atoms with van der Waals surface area (Å²) >= 11 is 1.43. The van der Waals surface area contributed by atoms with Gasteiger partial charge in [-0.3, -0.25) is 14.9 Å². The molecule has 1 aliphatic carbocycles. The third kappa shape index (κ3) is 4.10. The Morgan fingerprint density at radius 1 is 1.30 bits per heavy atom. The highest BCUT2D eigenvalue weighted by Gasteiger charge is 2.29. The van der Waals surface area contributed by atoms with Crippen molar-refractivity contribution < 1.29 is 19.1 Å². The lowest BCUT2D eigenvalue weighted by molar-refractivity contribution is -0.115. The maximum absolute atomic E-state index is 12.5. The van der Waals surface area contributed by atoms with Crippen LogP contribution < -0.4 is 10.6 Å². The minimum atomic E-state index is -0.769. The number of carbonyl (C=O) groups excluding carboxylic acids is 3. The van der Waals surface area contributed by atoms with E-state index in [1.165, 1.54) is 11.3 Å². The lowest BCUT2D eigenvalue weighted by Gasteiger charge is -2.18. The highest BCUT2D eigenvalue weighted by molar-refractivity contribution is 7.17. The molecular weight excluding hydrogens is 316 g/mol. The molecule has 1 aliphatic rings. The van der Waals surface area contributed by atoms with E-state index in [-0.39, 0.29) is 12.5 Å². The number of fused-ring (bicyclic) bond motifs is 1. The molecular formula is C16H22N2O4S. The summed E-state index contributed by atoms with van der Waals surface area (Å²) in [5.41, 5.74) is 1.35. The van der Waals surface area contributed by atoms with E-state index < -0.39 is 12.0 Å². The van der Waals surface area contributed by atoms with Crippen molar-refractivity contribution >= 4 is 34.2 Å². The van der Waals surface area contributed by atoms with Gasteiger partial charge >= 0.3 is 6.09 Å². The first-order chi connectivity index (χ1) is 11.0. The van der Waals surface area contributed by atoms with E-state index in [1.54, 1.807) is 13.8 Å². The van der Waals surface area contributed by atoms with E-state index in [2.05, 4.69) is 17.6 Å². The lowest BCUT2D eigenvalue weighted by Crippen LogP contribution is -2.32. The third-order valence-electron chi connectivity index (χ3n) is 3.80. The SMILES string of the molecule is CCOC(=O)NC(=O)c1c(NC(=O)CC)sc2c1CC[C@@H](C)C2. The highest BCUT2D eigenvalue weighted by atomic mass is 32.1. The van der Waals surface area contributed by atoms with Crippen LogP contribution in [0.4, 0.5) is 9.80 Å². The summed E-state index contributed by atoms with van der Waals surface area (Å²) in [6.07, 6.45) is 2.22. The predicted octanol–water partition coefficient (Wildman–Crippen LogP) is 3.11. The Kier molecular flexibility index (Phi) is 5.76. The number of anilines is 1. The van der Waals surface area contributed by atoms with Crippen molar-refractivity contribution in [2.45, 2.75) is 46.5 Å². The Hall–Kier alpha value is -1.89. The Balaban J connectivity index is 2.32. The van der Waals surface area contributed by atoms with Crippen LogP contribution in [0.25, 0.3) is 0 Å². The molecule has 7 heteroatoms. The first-order valence-electron chi connectivity index (χ1n) is 7.88. The highest BCUT2D eigenvalue weighted by Crippen LogP contribution is 2.39. The van der Waals surface area contributed by atoms with Gasteiger partial charge in [-0.15, -0.1) is 11.3 Å². The number of carbonyl (C=O) groups is 3. The van der Waals surface area contributed by atoms with Gasteiger partial charge in [0.25, 0.3) is 5.91 Å². The molecule has 0 spiro atoms. The number of alkyl carbamates (subject to hydrolysis) is 1. The molecule has 0 unspecified atom stereocenters. The van der Waals surface area contributed by atoms with Gasteiger partial charge in [0, 0.05) is 11.3 Å². The topological polar surface area (TPSA) is 84.5 Å². The monoisotopic (exact) mass is 338 g/mol. The van der Waals surface area contributed by atoms with E-state index in [4.69, 9.17) is 4.74 Å². The summed E-state index contributed by atoms with van der Waals surface area (Å²) in [5, 5.41) is 5.54. The molecule has 0 radical (unpaired) electrons. The van der Waals surface area contributed by atoms with Crippen molar-refractivity contribution in [3.05, 3.63) is 16.0 Å². The minimum absolute atomic E-state index is 0.151. The molecule has 2 rings (SSSR count). The van der Waals surface area contributed by atoms with Crippen LogP contribution in [0.1, 0.15) is 54.4 Å². The van der Waals surface area contributed by atoms with Crippen LogP contribution in [0, 0.1) is 5.92 Å². The molecule has 1 heterocycles. The maximum atomic E-state index is 12.5. The fourth-order valence-corrected chi connectivity index (χ4v) is 4.04. The molecule has 0 saturated carbocycles. The summed E-state index contributed by atoms with van der Waals surface area (Å²) in [6.45, 7) is 5.79. The molecule has 126 valence electrons. The predicted molar refractivity (Wildman–Crippen MR) is 88.9 cm³/mol. The van der Waals surface area contributed by atoms with Gasteiger partial charge in [-0.1, -0.05) is 13.8 Å². The zero-order valence-electron chi connectivity index (χ0n) is 13.7. The molecule has 0 bridgehead atoms. The Bertz CT molecular complexity index is 624. The molecule has 1 aromatic rings. The van der Waals surface area contributed by atoms with Crippen molar-refractivity contribution in [3.63, 3.8) is 0 Å². The van der Waals surface area contributed by atoms with Crippen LogP contribution in [0.5, 0.6) is 0 Å². The molecule has 1 aromatic heterocycles. The number of thiophene rings is 1. The van der Waals surface area contributed by atoms with E-state index in [1.807, 2.05) is 0 Å². The summed E-state index contributed by atoms with van der Waals surface area (Å²) in [5.74, 6) is -0.111. The summed E-state index contributed by atoms with van der Waals surface area (Å²) in [4.78, 5) is 36.8. The van der Waals surface area contributed by atoms with E-state index in [9.17, 15) is 14.4 Å². The summed E-state index contributed by atoms with van der Waals surface area (Å²) < 4.78 is 4.76. The van der Waals surface area contributed by atoms with Gasteiger partial charge in [-0.2, -0.15) is 0 Å². The second-order valence-corrected chi connectivity index (χ2v) is 6.74. The number of imide groups is 1. The zero-order valence-corrected chi connectivity index (χ0v) is 14.5. The first kappa shape index (κ1) is 17.5. The van der Waals surface area contributed by atoms with Crippen molar-refractivity contribution in [2.75, 3.05) is 11.9 Å².